The lowest BCUT2D eigenvalue weighted by Crippen LogP contribution is -2.52. The lowest BCUT2D eigenvalue weighted by molar-refractivity contribution is -0.127. The molecule has 0 radical (unpaired) electrons. The van der Waals surface area contributed by atoms with Crippen molar-refractivity contribution >= 4 is 35.7 Å². The van der Waals surface area contributed by atoms with Crippen LogP contribution in [0.5, 0.6) is 0 Å². The third-order valence-corrected chi connectivity index (χ3v) is 9.28. The Labute approximate surface area is 280 Å². The van der Waals surface area contributed by atoms with Gasteiger partial charge in [0.15, 0.2) is 0 Å². The zero-order chi connectivity index (χ0) is 32.0. The standard InChI is InChI=1S/C34H41N9O3.ClH/c1-22-18-31(42-14-16-46-17-15-42)37-21-29(22)25-6-2-23(3-7-25)19-30(32(36)44)43(34(45)27-8-4-24(20-35)5-9-27)28-12-10-26(11-13-28)33-38-40-41-39-33;/h2-3,6-7,10-13,18,21,24,27,30H,4-5,8-9,14-17,19-20,35H2,1H3,(H2,36,44)(H,38,39,40,41);1H/t24-,27-,30-;/m0./s1. The number of halogens is 1. The maximum Gasteiger partial charge on any atom is 0.240 e. The van der Waals surface area contributed by atoms with E-state index in [-0.39, 0.29) is 30.7 Å². The molecule has 1 atom stereocenters. The smallest absolute Gasteiger partial charge is 0.240 e. The number of morpholine rings is 1. The fourth-order valence-corrected chi connectivity index (χ4v) is 6.53. The Morgan fingerprint density at radius 3 is 2.30 bits per heavy atom. The fraction of sp³-hybridized carbons (Fsp3) is 0.412. The average Bonchev–Trinajstić information content (AvgIpc) is 3.64. The van der Waals surface area contributed by atoms with Crippen molar-refractivity contribution in [3.8, 4) is 22.5 Å². The molecule has 2 aromatic heterocycles. The summed E-state index contributed by atoms with van der Waals surface area (Å²) in [7, 11) is 0. The Morgan fingerprint density at radius 2 is 1.70 bits per heavy atom. The van der Waals surface area contributed by atoms with E-state index in [1.807, 2.05) is 54.7 Å². The number of amides is 2. The number of primary amides is 1. The molecule has 0 bridgehead atoms. The van der Waals surface area contributed by atoms with Crippen molar-refractivity contribution in [1.29, 1.82) is 0 Å². The van der Waals surface area contributed by atoms with Gasteiger partial charge >= 0.3 is 0 Å². The summed E-state index contributed by atoms with van der Waals surface area (Å²) in [5.41, 5.74) is 17.4. The van der Waals surface area contributed by atoms with Crippen molar-refractivity contribution in [2.75, 3.05) is 42.6 Å². The van der Waals surface area contributed by atoms with E-state index in [4.69, 9.17) is 21.2 Å². The summed E-state index contributed by atoms with van der Waals surface area (Å²) in [6.45, 7) is 5.79. The van der Waals surface area contributed by atoms with E-state index in [0.29, 0.717) is 37.2 Å². The maximum atomic E-state index is 14.2. The zero-order valence-corrected chi connectivity index (χ0v) is 27.4. The quantitative estimate of drug-likeness (QED) is 0.230. The van der Waals surface area contributed by atoms with Crippen LogP contribution in [0.4, 0.5) is 11.5 Å². The number of hydrogen-bond donors (Lipinski definition) is 3. The van der Waals surface area contributed by atoms with E-state index < -0.39 is 11.9 Å². The van der Waals surface area contributed by atoms with Gasteiger partial charge in [0.1, 0.15) is 11.9 Å². The van der Waals surface area contributed by atoms with Crippen molar-refractivity contribution in [3.05, 3.63) is 71.9 Å². The number of carbonyl (C=O) groups excluding carboxylic acids is 2. The molecular formula is C34H42ClN9O3. The molecule has 2 fully saturated rings. The van der Waals surface area contributed by atoms with Gasteiger partial charge in [0.25, 0.3) is 0 Å². The molecular weight excluding hydrogens is 618 g/mol. The molecule has 1 saturated carbocycles. The third kappa shape index (κ3) is 7.78. The number of pyridine rings is 1. The minimum Gasteiger partial charge on any atom is -0.378 e. The van der Waals surface area contributed by atoms with Gasteiger partial charge in [-0.05, 0) is 97.3 Å². The van der Waals surface area contributed by atoms with Gasteiger partial charge in [-0.2, -0.15) is 5.21 Å². The first-order chi connectivity index (χ1) is 22.4. The molecule has 47 heavy (non-hydrogen) atoms. The SMILES string of the molecule is Cc1cc(N2CCOCC2)ncc1-c1ccc(C[C@@H](C(N)=O)N(c2ccc(-c3nn[nH]n3)cc2)C(=O)[C@H]2CC[C@H](CN)CC2)cc1.Cl. The highest BCUT2D eigenvalue weighted by atomic mass is 35.5. The molecule has 2 aliphatic rings. The van der Waals surface area contributed by atoms with Crippen LogP contribution in [-0.2, 0) is 20.7 Å². The fourth-order valence-electron chi connectivity index (χ4n) is 6.53. The van der Waals surface area contributed by atoms with Crippen LogP contribution in [0, 0.1) is 18.8 Å². The van der Waals surface area contributed by atoms with Crippen LogP contribution in [0.2, 0.25) is 0 Å². The Balaban J connectivity index is 0.00000433. The number of aromatic nitrogens is 5. The number of nitrogens with one attached hydrogen (secondary N) is 1. The molecule has 0 spiro atoms. The molecule has 13 heteroatoms. The van der Waals surface area contributed by atoms with Crippen molar-refractivity contribution in [1.82, 2.24) is 25.6 Å². The van der Waals surface area contributed by atoms with E-state index in [1.165, 1.54) is 0 Å². The second kappa shape index (κ2) is 15.5. The first-order valence-electron chi connectivity index (χ1n) is 16.0. The van der Waals surface area contributed by atoms with Crippen LogP contribution in [0.15, 0.2) is 60.8 Å². The molecule has 1 aliphatic carbocycles. The topological polar surface area (TPSA) is 169 Å². The predicted octanol–water partition coefficient (Wildman–Crippen LogP) is 3.69. The first kappa shape index (κ1) is 34.0. The van der Waals surface area contributed by atoms with Crippen molar-refractivity contribution in [2.24, 2.45) is 23.3 Å². The van der Waals surface area contributed by atoms with Crippen LogP contribution < -0.4 is 21.3 Å². The van der Waals surface area contributed by atoms with Crippen LogP contribution in [0.3, 0.4) is 0 Å². The van der Waals surface area contributed by atoms with Gasteiger partial charge in [0.2, 0.25) is 17.6 Å². The molecule has 4 aromatic rings. The summed E-state index contributed by atoms with van der Waals surface area (Å²) < 4.78 is 5.48. The molecule has 1 saturated heterocycles. The average molecular weight is 660 g/mol. The number of aryl methyl sites for hydroxylation is 1. The highest BCUT2D eigenvalue weighted by molar-refractivity contribution is 6.01. The second-order valence-corrected chi connectivity index (χ2v) is 12.2. The van der Waals surface area contributed by atoms with Gasteiger partial charge in [-0.3, -0.25) is 14.5 Å². The van der Waals surface area contributed by atoms with E-state index in [9.17, 15) is 9.59 Å². The molecule has 1 aliphatic heterocycles. The summed E-state index contributed by atoms with van der Waals surface area (Å²) >= 11 is 0. The summed E-state index contributed by atoms with van der Waals surface area (Å²) in [5.74, 6) is 0.958. The first-order valence-corrected chi connectivity index (χ1v) is 16.0. The number of hydrogen-bond acceptors (Lipinski definition) is 9. The van der Waals surface area contributed by atoms with Crippen LogP contribution in [-0.4, -0.2) is 76.3 Å². The number of rotatable bonds is 10. The van der Waals surface area contributed by atoms with Gasteiger partial charge in [-0.25, -0.2) is 4.98 Å². The highest BCUT2D eigenvalue weighted by Crippen LogP contribution is 2.33. The predicted molar refractivity (Wildman–Crippen MR) is 183 cm³/mol. The summed E-state index contributed by atoms with van der Waals surface area (Å²) in [4.78, 5) is 35.9. The van der Waals surface area contributed by atoms with Crippen molar-refractivity contribution in [2.45, 2.75) is 45.1 Å². The number of H-pyrrole nitrogens is 1. The number of nitrogens with zero attached hydrogens (tertiary/aromatic N) is 6. The monoisotopic (exact) mass is 659 g/mol. The minimum absolute atomic E-state index is 0. The highest BCUT2D eigenvalue weighted by Gasteiger charge is 2.36. The van der Waals surface area contributed by atoms with E-state index in [1.54, 1.807) is 4.90 Å². The number of anilines is 2. The van der Waals surface area contributed by atoms with Gasteiger partial charge in [0, 0.05) is 48.4 Å². The molecule has 2 aromatic carbocycles. The van der Waals surface area contributed by atoms with Crippen molar-refractivity contribution < 1.29 is 14.3 Å². The molecule has 2 amide bonds. The van der Waals surface area contributed by atoms with Crippen LogP contribution in [0.25, 0.3) is 22.5 Å². The normalized spacial score (nSPS) is 18.6. The zero-order valence-electron chi connectivity index (χ0n) is 26.5. The molecule has 5 N–H and O–H groups in total. The molecule has 248 valence electrons. The maximum absolute atomic E-state index is 14.2. The summed E-state index contributed by atoms with van der Waals surface area (Å²) in [6, 6.07) is 16.6. The Hall–Kier alpha value is -4.39. The molecule has 0 unspecified atom stereocenters. The molecule has 3 heterocycles. The number of ether oxygens (including phenoxy) is 1. The van der Waals surface area contributed by atoms with Crippen LogP contribution in [0.1, 0.15) is 36.8 Å². The number of carbonyl (C=O) groups is 2. The number of nitrogens with two attached hydrogens (primary N) is 2. The number of aromatic amines is 1. The van der Waals surface area contributed by atoms with E-state index >= 15 is 0 Å². The Kier molecular flexibility index (Phi) is 11.2. The summed E-state index contributed by atoms with van der Waals surface area (Å²) in [6.07, 6.45) is 5.44. The molecule has 12 nitrogen and oxygen atoms in total. The Morgan fingerprint density at radius 1 is 1.02 bits per heavy atom. The van der Waals surface area contributed by atoms with Gasteiger partial charge in [-0.15, -0.1) is 22.6 Å². The second-order valence-electron chi connectivity index (χ2n) is 12.2. The summed E-state index contributed by atoms with van der Waals surface area (Å²) in [5, 5.41) is 14.2. The largest absolute Gasteiger partial charge is 0.378 e. The van der Waals surface area contributed by atoms with Gasteiger partial charge < -0.3 is 21.1 Å². The van der Waals surface area contributed by atoms with Crippen molar-refractivity contribution in [3.63, 3.8) is 0 Å². The lowest BCUT2D eigenvalue weighted by Gasteiger charge is -2.35. The van der Waals surface area contributed by atoms with Crippen LogP contribution >= 0.6 is 12.4 Å². The number of tetrazole rings is 1. The van der Waals surface area contributed by atoms with Gasteiger partial charge in [-0.1, -0.05) is 24.3 Å². The minimum atomic E-state index is -0.877. The lowest BCUT2D eigenvalue weighted by atomic mass is 9.81. The Bertz CT molecular complexity index is 1620. The number of benzene rings is 2. The third-order valence-electron chi connectivity index (χ3n) is 9.28. The van der Waals surface area contributed by atoms with E-state index in [2.05, 4.69) is 38.5 Å². The van der Waals surface area contributed by atoms with Gasteiger partial charge in [0.05, 0.1) is 13.2 Å². The van der Waals surface area contributed by atoms with E-state index in [0.717, 1.165) is 72.4 Å². The molecule has 6 rings (SSSR count).